The normalized spacial score (nSPS) is 51.5. The molecule has 0 aliphatic heterocycles. The summed E-state index contributed by atoms with van der Waals surface area (Å²) in [4.78, 5) is 23.6. The zero-order valence-electron chi connectivity index (χ0n) is 16.9. The average Bonchev–Trinajstić information content (AvgIpc) is 2.96. The first-order chi connectivity index (χ1) is 13.4. The number of rotatable bonds is 2. The van der Waals surface area contributed by atoms with Gasteiger partial charge in [-0.15, -0.1) is 11.6 Å². The second-order valence-corrected chi connectivity index (χ2v) is 10.5. The fourth-order valence-electron chi connectivity index (χ4n) is 6.97. The van der Waals surface area contributed by atoms with E-state index in [1.807, 2.05) is 13.8 Å². The first-order valence-electron chi connectivity index (χ1n) is 10.3. The van der Waals surface area contributed by atoms with Crippen molar-refractivity contribution in [3.63, 3.8) is 0 Å². The quantitative estimate of drug-likeness (QED) is 0.589. The Hall–Kier alpha value is -1.08. The van der Waals surface area contributed by atoms with Crippen LogP contribution in [0.25, 0.3) is 0 Å². The molecule has 5 nitrogen and oxygen atoms in total. The van der Waals surface area contributed by atoms with Crippen LogP contribution in [0.15, 0.2) is 23.6 Å². The van der Waals surface area contributed by atoms with Crippen molar-refractivity contribution in [1.29, 1.82) is 0 Å². The Balaban J connectivity index is 1.87. The third-order valence-electron chi connectivity index (χ3n) is 9.12. The summed E-state index contributed by atoms with van der Waals surface area (Å²) in [5, 5.41) is 31.1. The molecule has 3 N–H and O–H groups in total. The Labute approximate surface area is 174 Å². The van der Waals surface area contributed by atoms with Gasteiger partial charge in [0.25, 0.3) is 0 Å². The summed E-state index contributed by atoms with van der Waals surface area (Å²) in [5.74, 6) is -2.97. The van der Waals surface area contributed by atoms with E-state index in [0.29, 0.717) is 19.3 Å². The van der Waals surface area contributed by atoms with E-state index in [0.717, 1.165) is 0 Å². The minimum absolute atomic E-state index is 0.197. The van der Waals surface area contributed by atoms with Crippen LogP contribution in [0.5, 0.6) is 0 Å². The molecule has 4 aliphatic rings. The number of hydrogen-bond donors (Lipinski definition) is 3. The van der Waals surface area contributed by atoms with Gasteiger partial charge in [-0.2, -0.15) is 0 Å². The lowest BCUT2D eigenvalue weighted by Gasteiger charge is -2.63. The van der Waals surface area contributed by atoms with Crippen molar-refractivity contribution in [2.24, 2.45) is 28.6 Å². The second-order valence-electron chi connectivity index (χ2n) is 9.80. The predicted octanol–water partition coefficient (Wildman–Crippen LogP) is 2.46. The van der Waals surface area contributed by atoms with Crippen LogP contribution in [-0.4, -0.2) is 50.1 Å². The van der Waals surface area contributed by atoms with Crippen LogP contribution in [0.2, 0.25) is 0 Å². The van der Waals surface area contributed by atoms with E-state index in [9.17, 15) is 24.9 Å². The third kappa shape index (κ3) is 2.26. The zero-order chi connectivity index (χ0) is 21.6. The van der Waals surface area contributed by atoms with E-state index in [-0.39, 0.29) is 17.9 Å². The number of Topliss-reactive ketones (excluding diaryl/α,β-unsaturated/α-hetero) is 1. The molecular weight excluding hydrogens is 399 g/mol. The summed E-state index contributed by atoms with van der Waals surface area (Å²) in [6.07, 6.45) is 2.87. The minimum atomic E-state index is -1.67. The minimum Gasteiger partial charge on any atom is -0.388 e. The van der Waals surface area contributed by atoms with E-state index in [1.54, 1.807) is 6.92 Å². The monoisotopic (exact) mass is 426 g/mol. The maximum atomic E-state index is 15.3. The van der Waals surface area contributed by atoms with Gasteiger partial charge in [-0.1, -0.05) is 20.8 Å². The molecule has 0 bridgehead atoms. The molecule has 2 unspecified atom stereocenters. The van der Waals surface area contributed by atoms with Crippen molar-refractivity contribution in [2.45, 2.75) is 63.0 Å². The highest BCUT2D eigenvalue weighted by molar-refractivity contribution is 6.25. The second kappa shape index (κ2) is 6.22. The highest BCUT2D eigenvalue weighted by atomic mass is 35.5. The number of carbonyl (C=O) groups is 2. The van der Waals surface area contributed by atoms with Crippen LogP contribution in [0.4, 0.5) is 4.39 Å². The fraction of sp³-hybridized carbons (Fsp3) is 0.727. The molecule has 0 aromatic rings. The highest BCUT2D eigenvalue weighted by Gasteiger charge is 2.71. The lowest BCUT2D eigenvalue weighted by molar-refractivity contribution is -0.162. The number of aliphatic hydroxyl groups is 3. The molecule has 0 aromatic carbocycles. The Morgan fingerprint density at radius 1 is 1.31 bits per heavy atom. The van der Waals surface area contributed by atoms with Crippen LogP contribution in [0.3, 0.4) is 0 Å². The van der Waals surface area contributed by atoms with Crippen LogP contribution < -0.4 is 0 Å². The van der Waals surface area contributed by atoms with Gasteiger partial charge in [0, 0.05) is 22.7 Å². The van der Waals surface area contributed by atoms with Gasteiger partial charge in [0.05, 0.1) is 4.87 Å². The Kier molecular flexibility index (Phi) is 4.54. The number of alkyl halides is 1. The molecule has 0 amide bonds. The Morgan fingerprint density at radius 3 is 2.59 bits per heavy atom. The van der Waals surface area contributed by atoms with Gasteiger partial charge in [-0.05, 0) is 49.3 Å². The van der Waals surface area contributed by atoms with Gasteiger partial charge in [-0.3, -0.25) is 9.59 Å². The molecule has 0 saturated heterocycles. The summed E-state index contributed by atoms with van der Waals surface area (Å²) >= 11 is 7.31. The number of hydrogen-bond acceptors (Lipinski definition) is 5. The number of aliphatic hydroxyl groups excluding tert-OH is 2. The number of allylic oxidation sites excluding steroid dienone is 3. The van der Waals surface area contributed by atoms with E-state index in [4.69, 9.17) is 11.6 Å². The topological polar surface area (TPSA) is 94.8 Å². The Morgan fingerprint density at radius 2 is 1.97 bits per heavy atom. The molecule has 7 heteroatoms. The molecule has 0 heterocycles. The van der Waals surface area contributed by atoms with E-state index >= 15 is 4.39 Å². The van der Waals surface area contributed by atoms with Gasteiger partial charge in [-0.25, -0.2) is 4.39 Å². The van der Waals surface area contributed by atoms with Gasteiger partial charge >= 0.3 is 0 Å². The summed E-state index contributed by atoms with van der Waals surface area (Å²) in [7, 11) is 0. The van der Waals surface area contributed by atoms with Crippen molar-refractivity contribution in [1.82, 2.24) is 0 Å². The number of fused-ring (bicyclic) bond motifs is 5. The number of halogens is 2. The van der Waals surface area contributed by atoms with E-state index in [2.05, 4.69) is 0 Å². The zero-order valence-corrected chi connectivity index (χ0v) is 17.7. The van der Waals surface area contributed by atoms with Crippen LogP contribution in [0, 0.1) is 28.6 Å². The first-order valence-corrected chi connectivity index (χ1v) is 10.6. The van der Waals surface area contributed by atoms with Crippen LogP contribution in [0.1, 0.15) is 46.5 Å². The van der Waals surface area contributed by atoms with Gasteiger partial charge in [0.15, 0.2) is 11.6 Å². The maximum absolute atomic E-state index is 15.3. The lowest BCUT2D eigenvalue weighted by atomic mass is 9.45. The molecule has 8 atom stereocenters. The summed E-state index contributed by atoms with van der Waals surface area (Å²) in [6, 6.07) is 0. The Bertz CT molecular complexity index is 854. The largest absolute Gasteiger partial charge is 0.388 e. The lowest BCUT2D eigenvalue weighted by Crippen LogP contribution is -2.65. The van der Waals surface area contributed by atoms with Crippen molar-refractivity contribution in [2.75, 3.05) is 6.61 Å². The summed E-state index contributed by atoms with van der Waals surface area (Å²) < 4.78 is 15.3. The molecule has 2 saturated carbocycles. The molecule has 0 spiro atoms. The fourth-order valence-corrected chi connectivity index (χ4v) is 7.55. The molecule has 29 heavy (non-hydrogen) atoms. The molecule has 4 rings (SSSR count). The van der Waals surface area contributed by atoms with E-state index < -0.39 is 63.2 Å². The molecule has 0 radical (unpaired) electrons. The van der Waals surface area contributed by atoms with Crippen molar-refractivity contribution < 1.29 is 29.3 Å². The molecule has 4 aliphatic carbocycles. The highest BCUT2D eigenvalue weighted by Crippen LogP contribution is 2.71. The molecule has 2 fully saturated rings. The van der Waals surface area contributed by atoms with Crippen LogP contribution >= 0.6 is 11.6 Å². The maximum Gasteiger partial charge on any atom is 0.190 e. The van der Waals surface area contributed by atoms with Gasteiger partial charge in [0.1, 0.15) is 24.1 Å². The summed E-state index contributed by atoms with van der Waals surface area (Å²) in [6.45, 7) is 4.63. The SMILES string of the molecule is CC1C(O)C(=O)C=C2C(F)=C[C@H]3[C@@H]4CC[C@](O)(C(=O)CO)[C@@]4(C)CC[C@]3(Cl)[C@]21C. The van der Waals surface area contributed by atoms with E-state index in [1.165, 1.54) is 12.2 Å². The summed E-state index contributed by atoms with van der Waals surface area (Å²) in [5.41, 5.74) is -3.25. The average molecular weight is 427 g/mol. The third-order valence-corrected chi connectivity index (χ3v) is 9.96. The van der Waals surface area contributed by atoms with Gasteiger partial charge in [0.2, 0.25) is 0 Å². The first kappa shape index (κ1) is 21.2. The van der Waals surface area contributed by atoms with Crippen molar-refractivity contribution in [3.05, 3.63) is 23.6 Å². The molecule has 0 aromatic heterocycles. The number of ketones is 2. The van der Waals surface area contributed by atoms with Crippen LogP contribution in [-0.2, 0) is 9.59 Å². The van der Waals surface area contributed by atoms with Crippen molar-refractivity contribution >= 4 is 23.2 Å². The number of carbonyl (C=O) groups excluding carboxylic acids is 2. The molecule has 160 valence electrons. The standard InChI is InChI=1S/C22H28ClFO5/c1-11-18(28)16(26)9-14-15(24)8-13-12-4-5-22(29,17(27)10-25)19(12,2)6-7-21(13,23)20(11,14)3/h8-9,11-13,18,25,28-29H,4-7,10H2,1-3H3/t11?,12-,13-,18?,19-,20-,21+,22-/m0/s1. The van der Waals surface area contributed by atoms with Gasteiger partial charge < -0.3 is 15.3 Å². The molecular formula is C22H28ClFO5. The van der Waals surface area contributed by atoms with Crippen molar-refractivity contribution in [3.8, 4) is 0 Å². The predicted molar refractivity (Wildman–Crippen MR) is 105 cm³/mol. The smallest absolute Gasteiger partial charge is 0.190 e.